The summed E-state index contributed by atoms with van der Waals surface area (Å²) in [5, 5.41) is 22.7. The molecular weight excluding hydrogens is 681 g/mol. The van der Waals surface area contributed by atoms with E-state index in [0.717, 1.165) is 61.7 Å². The van der Waals surface area contributed by atoms with Crippen molar-refractivity contribution in [2.75, 3.05) is 10.2 Å². The molecule has 10 rings (SSSR count). The summed E-state index contributed by atoms with van der Waals surface area (Å²) in [7, 11) is 0. The van der Waals surface area contributed by atoms with Crippen LogP contribution in [0.5, 0.6) is 0 Å². The summed E-state index contributed by atoms with van der Waals surface area (Å²) in [5.41, 5.74) is 17.1. The van der Waals surface area contributed by atoms with Gasteiger partial charge in [-0.1, -0.05) is 146 Å². The summed E-state index contributed by atoms with van der Waals surface area (Å²) in [6.07, 6.45) is 0. The number of nitriles is 1. The minimum Gasteiger partial charge on any atom is -0.380 e. The first-order chi connectivity index (χ1) is 27.6. The molecule has 264 valence electrons. The summed E-state index contributed by atoms with van der Waals surface area (Å²) in [4.78, 5) is 2.38. The number of benzene rings is 8. The van der Waals surface area contributed by atoms with Gasteiger partial charge in [0.25, 0.3) is 0 Å². The van der Waals surface area contributed by atoms with Crippen LogP contribution in [0, 0.1) is 16.7 Å². The fourth-order valence-electron chi connectivity index (χ4n) is 8.88. The maximum absolute atomic E-state index is 10.2. The first-order valence-electron chi connectivity index (χ1n) is 19.0. The average Bonchev–Trinajstić information content (AvgIpc) is 3.55. The second-order valence-corrected chi connectivity index (χ2v) is 14.4. The molecule has 0 fully saturated rings. The second kappa shape index (κ2) is 13.4. The Morgan fingerprint density at radius 3 is 1.82 bits per heavy atom. The molecule has 0 amide bonds. The normalized spacial score (nSPS) is 12.9. The summed E-state index contributed by atoms with van der Waals surface area (Å²) in [6.45, 7) is 0.634. The van der Waals surface area contributed by atoms with Gasteiger partial charge in [0, 0.05) is 29.0 Å². The highest BCUT2D eigenvalue weighted by Crippen LogP contribution is 2.63. The molecule has 4 heteroatoms. The van der Waals surface area contributed by atoms with Crippen molar-refractivity contribution in [3.63, 3.8) is 0 Å². The lowest BCUT2D eigenvalue weighted by Crippen LogP contribution is -2.36. The van der Waals surface area contributed by atoms with E-state index in [0.29, 0.717) is 17.8 Å². The molecule has 56 heavy (non-hydrogen) atoms. The number of nitrogens with zero attached hydrogens (tertiary/aromatic N) is 2. The molecular formula is C52H36N4. The van der Waals surface area contributed by atoms with Crippen molar-refractivity contribution in [3.8, 4) is 28.3 Å². The average molecular weight is 717 g/mol. The van der Waals surface area contributed by atoms with Gasteiger partial charge in [0.2, 0.25) is 0 Å². The van der Waals surface area contributed by atoms with Gasteiger partial charge in [-0.15, -0.1) is 0 Å². The Morgan fingerprint density at radius 2 is 1.12 bits per heavy atom. The van der Waals surface area contributed by atoms with Gasteiger partial charge in [-0.3, -0.25) is 5.41 Å². The van der Waals surface area contributed by atoms with Gasteiger partial charge in [-0.2, -0.15) is 5.26 Å². The van der Waals surface area contributed by atoms with Crippen LogP contribution in [0.1, 0.15) is 44.5 Å². The monoisotopic (exact) mass is 716 g/mol. The molecule has 2 N–H and O–H groups in total. The number of hydrogen-bond acceptors (Lipinski definition) is 4. The molecule has 4 nitrogen and oxygen atoms in total. The molecule has 0 radical (unpaired) electrons. The minimum absolute atomic E-state index is 0.500. The SMILES string of the molecule is N#Cc1ccc2c(c1)C1(c3cc(-c4ccc(CNc5ccccc5C(=N)c5ccccc5)cc4)ccc3-2)c2ccccc2N(c2ccccc2)c2ccccc21. The Hall–Kier alpha value is -7.48. The number of nitrogens with one attached hydrogen (secondary N) is 2. The molecule has 8 aromatic rings. The third-order valence-corrected chi connectivity index (χ3v) is 11.4. The summed E-state index contributed by atoms with van der Waals surface area (Å²) in [5.74, 6) is 0. The third-order valence-electron chi connectivity index (χ3n) is 11.4. The van der Waals surface area contributed by atoms with Gasteiger partial charge in [-0.05, 0) is 98.6 Å². The topological polar surface area (TPSA) is 62.9 Å². The van der Waals surface area contributed by atoms with E-state index in [9.17, 15) is 5.26 Å². The smallest absolute Gasteiger partial charge is 0.0991 e. The van der Waals surface area contributed by atoms with Crippen LogP contribution in [-0.4, -0.2) is 5.71 Å². The summed E-state index contributed by atoms with van der Waals surface area (Å²) < 4.78 is 0. The molecule has 1 spiro atoms. The standard InChI is InChI=1S/C52H36N4/c53-33-36-25-29-41-42-30-28-39(37-26-23-35(24-27-37)34-55-48-20-10-7-17-43(48)51(54)38-13-3-1-4-14-38)32-47(42)52(46(41)31-36)44-18-8-11-21-49(44)56(40-15-5-2-6-16-40)50-22-12-9-19-45(50)52/h1-32,54-55H,34H2. The Bertz CT molecular complexity index is 2790. The van der Waals surface area contributed by atoms with Crippen molar-refractivity contribution in [2.45, 2.75) is 12.0 Å². The van der Waals surface area contributed by atoms with Crippen LogP contribution in [0.3, 0.4) is 0 Å². The lowest BCUT2D eigenvalue weighted by molar-refractivity contribution is 0.752. The van der Waals surface area contributed by atoms with Crippen LogP contribution >= 0.6 is 0 Å². The van der Waals surface area contributed by atoms with E-state index in [-0.39, 0.29) is 0 Å². The minimum atomic E-state index is -0.642. The predicted molar refractivity (Wildman–Crippen MR) is 228 cm³/mol. The van der Waals surface area contributed by atoms with Crippen LogP contribution in [0.4, 0.5) is 22.7 Å². The first-order valence-corrected chi connectivity index (χ1v) is 19.0. The zero-order chi connectivity index (χ0) is 37.6. The van der Waals surface area contributed by atoms with E-state index in [1.54, 1.807) is 0 Å². The fourth-order valence-corrected chi connectivity index (χ4v) is 8.88. The maximum atomic E-state index is 10.2. The van der Waals surface area contributed by atoms with E-state index in [4.69, 9.17) is 5.41 Å². The molecule has 0 unspecified atom stereocenters. The van der Waals surface area contributed by atoms with E-state index in [1.165, 1.54) is 22.3 Å². The number of anilines is 4. The fraction of sp³-hybridized carbons (Fsp3) is 0.0385. The van der Waals surface area contributed by atoms with Crippen LogP contribution in [0.2, 0.25) is 0 Å². The molecule has 0 atom stereocenters. The Balaban J connectivity index is 1.06. The molecule has 1 heterocycles. The van der Waals surface area contributed by atoms with E-state index in [2.05, 4.69) is 150 Å². The lowest BCUT2D eigenvalue weighted by Gasteiger charge is -2.45. The molecule has 1 aliphatic carbocycles. The highest BCUT2D eigenvalue weighted by atomic mass is 15.2. The predicted octanol–water partition coefficient (Wildman–Crippen LogP) is 12.4. The highest BCUT2D eigenvalue weighted by Gasteiger charge is 2.51. The Labute approximate surface area is 327 Å². The quantitative estimate of drug-likeness (QED) is 0.161. The number of fused-ring (bicyclic) bond motifs is 9. The van der Waals surface area contributed by atoms with Crippen molar-refractivity contribution < 1.29 is 0 Å². The van der Waals surface area contributed by atoms with Crippen molar-refractivity contribution in [2.24, 2.45) is 0 Å². The summed E-state index contributed by atoms with van der Waals surface area (Å²) in [6, 6.07) is 70.3. The van der Waals surface area contributed by atoms with Crippen LogP contribution < -0.4 is 10.2 Å². The van der Waals surface area contributed by atoms with E-state index < -0.39 is 5.41 Å². The van der Waals surface area contributed by atoms with Gasteiger partial charge in [-0.25, -0.2) is 0 Å². The zero-order valence-electron chi connectivity index (χ0n) is 30.6. The van der Waals surface area contributed by atoms with Crippen LogP contribution in [0.15, 0.2) is 194 Å². The number of rotatable bonds is 7. The maximum Gasteiger partial charge on any atom is 0.0991 e. The zero-order valence-corrected chi connectivity index (χ0v) is 30.6. The largest absolute Gasteiger partial charge is 0.380 e. The molecule has 0 saturated carbocycles. The van der Waals surface area contributed by atoms with Crippen molar-refractivity contribution >= 4 is 28.5 Å². The molecule has 0 aromatic heterocycles. The summed E-state index contributed by atoms with van der Waals surface area (Å²) >= 11 is 0. The molecule has 2 aliphatic rings. The molecule has 8 aromatic carbocycles. The Morgan fingerprint density at radius 1 is 0.554 bits per heavy atom. The lowest BCUT2D eigenvalue weighted by atomic mass is 9.64. The van der Waals surface area contributed by atoms with E-state index >= 15 is 0 Å². The molecule has 1 aliphatic heterocycles. The van der Waals surface area contributed by atoms with Crippen LogP contribution in [0.25, 0.3) is 22.3 Å². The van der Waals surface area contributed by atoms with Gasteiger partial charge >= 0.3 is 0 Å². The van der Waals surface area contributed by atoms with Gasteiger partial charge in [0.1, 0.15) is 0 Å². The van der Waals surface area contributed by atoms with E-state index in [1.807, 2.05) is 60.7 Å². The Kier molecular flexibility index (Phi) is 7.94. The number of hydrogen-bond donors (Lipinski definition) is 2. The van der Waals surface area contributed by atoms with Crippen molar-refractivity contribution in [1.82, 2.24) is 0 Å². The van der Waals surface area contributed by atoms with Crippen LogP contribution in [-0.2, 0) is 12.0 Å². The van der Waals surface area contributed by atoms with Crippen molar-refractivity contribution in [3.05, 3.63) is 239 Å². The molecule has 0 bridgehead atoms. The van der Waals surface area contributed by atoms with Gasteiger partial charge in [0.15, 0.2) is 0 Å². The molecule has 0 saturated heterocycles. The van der Waals surface area contributed by atoms with Gasteiger partial charge in [0.05, 0.1) is 34.1 Å². The third kappa shape index (κ3) is 5.17. The second-order valence-electron chi connectivity index (χ2n) is 14.4. The highest BCUT2D eigenvalue weighted by molar-refractivity contribution is 6.14. The first kappa shape index (κ1) is 33.1. The number of para-hydroxylation sites is 4. The van der Waals surface area contributed by atoms with Crippen molar-refractivity contribution in [1.29, 1.82) is 10.7 Å². The van der Waals surface area contributed by atoms with Gasteiger partial charge < -0.3 is 10.2 Å².